The van der Waals surface area contributed by atoms with Crippen molar-refractivity contribution in [3.63, 3.8) is 0 Å². The molecule has 0 aliphatic heterocycles. The van der Waals surface area contributed by atoms with E-state index >= 15 is 0 Å². The zero-order chi connectivity index (χ0) is 12.1. The fourth-order valence-electron chi connectivity index (χ4n) is 1.49. The Hall–Kier alpha value is -1.46. The van der Waals surface area contributed by atoms with Crippen molar-refractivity contribution < 1.29 is 19.3 Å². The van der Waals surface area contributed by atoms with E-state index in [9.17, 15) is 0 Å². The first-order chi connectivity index (χ1) is 7.67. The van der Waals surface area contributed by atoms with Gasteiger partial charge >= 0.3 is 0 Å². The maximum Gasteiger partial charge on any atom is 0.131 e. The van der Waals surface area contributed by atoms with Gasteiger partial charge in [0.1, 0.15) is 17.2 Å². The van der Waals surface area contributed by atoms with Crippen molar-refractivity contribution in [3.8, 4) is 17.2 Å². The Kier molecular flexibility index (Phi) is 4.39. The smallest absolute Gasteiger partial charge is 0.131 e. The molecule has 1 aromatic rings. The minimum Gasteiger partial charge on any atom is -0.496 e. The van der Waals surface area contributed by atoms with E-state index in [0.717, 1.165) is 0 Å². The summed E-state index contributed by atoms with van der Waals surface area (Å²) in [5.41, 5.74) is 6.42. The summed E-state index contributed by atoms with van der Waals surface area (Å²) in [7, 11) is 4.61. The fraction of sp³-hybridized carbons (Fsp3) is 0.455. The van der Waals surface area contributed by atoms with Crippen LogP contribution in [0.2, 0.25) is 0 Å². The summed E-state index contributed by atoms with van der Waals surface area (Å²) in [4.78, 5) is 0. The number of ether oxygens (including phenoxy) is 3. The summed E-state index contributed by atoms with van der Waals surface area (Å²) >= 11 is 0. The van der Waals surface area contributed by atoms with Crippen molar-refractivity contribution in [1.82, 2.24) is 0 Å². The van der Waals surface area contributed by atoms with Crippen molar-refractivity contribution in [2.75, 3.05) is 27.9 Å². The van der Waals surface area contributed by atoms with Gasteiger partial charge in [-0.3, -0.25) is 0 Å². The van der Waals surface area contributed by atoms with Crippen LogP contribution in [0, 0.1) is 0 Å². The van der Waals surface area contributed by atoms with Crippen molar-refractivity contribution in [2.45, 2.75) is 6.04 Å². The van der Waals surface area contributed by atoms with Crippen molar-refractivity contribution >= 4 is 0 Å². The highest BCUT2D eigenvalue weighted by Gasteiger charge is 2.18. The predicted octanol–water partition coefficient (Wildman–Crippen LogP) is 0.704. The van der Waals surface area contributed by atoms with Crippen LogP contribution >= 0.6 is 0 Å². The Labute approximate surface area is 94.7 Å². The number of hydrogen-bond acceptors (Lipinski definition) is 5. The number of methoxy groups -OCH3 is 3. The van der Waals surface area contributed by atoms with Gasteiger partial charge < -0.3 is 25.1 Å². The molecule has 3 N–H and O–H groups in total. The van der Waals surface area contributed by atoms with E-state index < -0.39 is 6.04 Å². The molecule has 0 aliphatic carbocycles. The minimum atomic E-state index is -0.546. The molecule has 0 bridgehead atoms. The van der Waals surface area contributed by atoms with Gasteiger partial charge in [0, 0.05) is 12.1 Å². The molecule has 90 valence electrons. The second-order valence-corrected chi connectivity index (χ2v) is 3.23. The van der Waals surface area contributed by atoms with Gasteiger partial charge in [-0.15, -0.1) is 0 Å². The predicted molar refractivity (Wildman–Crippen MR) is 60.1 cm³/mol. The van der Waals surface area contributed by atoms with Crippen LogP contribution in [0.3, 0.4) is 0 Å². The number of hydrogen-bond donors (Lipinski definition) is 2. The molecule has 1 rings (SSSR count). The standard InChI is InChI=1S/C11H17NO4/c1-14-7-4-9(15-2)11(8(12)6-13)10(5-7)16-3/h4-5,8,13H,6,12H2,1-3H3/t8-/m1/s1. The summed E-state index contributed by atoms with van der Waals surface area (Å²) in [6.07, 6.45) is 0. The van der Waals surface area contributed by atoms with Gasteiger partial charge in [-0.1, -0.05) is 0 Å². The number of aliphatic hydroxyl groups is 1. The second-order valence-electron chi connectivity index (χ2n) is 3.23. The molecule has 0 amide bonds. The van der Waals surface area contributed by atoms with E-state index in [2.05, 4.69) is 0 Å². The molecule has 1 aromatic carbocycles. The molecule has 16 heavy (non-hydrogen) atoms. The molecule has 0 aromatic heterocycles. The van der Waals surface area contributed by atoms with E-state index in [4.69, 9.17) is 25.1 Å². The number of nitrogens with two attached hydrogens (primary N) is 1. The zero-order valence-corrected chi connectivity index (χ0v) is 9.69. The molecule has 0 radical (unpaired) electrons. The summed E-state index contributed by atoms with van der Waals surface area (Å²) in [5.74, 6) is 1.69. The minimum absolute atomic E-state index is 0.181. The average Bonchev–Trinajstić information content (AvgIpc) is 2.35. The first-order valence-corrected chi connectivity index (χ1v) is 4.84. The first-order valence-electron chi connectivity index (χ1n) is 4.84. The normalized spacial score (nSPS) is 12.1. The Bertz CT molecular complexity index is 329. The van der Waals surface area contributed by atoms with Gasteiger partial charge in [-0.05, 0) is 0 Å². The van der Waals surface area contributed by atoms with E-state index in [1.165, 1.54) is 14.2 Å². The summed E-state index contributed by atoms with van der Waals surface area (Å²) in [6.45, 7) is -0.181. The Balaban J connectivity index is 3.31. The number of rotatable bonds is 5. The lowest BCUT2D eigenvalue weighted by Gasteiger charge is -2.18. The Morgan fingerprint density at radius 3 is 1.94 bits per heavy atom. The monoisotopic (exact) mass is 227 g/mol. The third-order valence-corrected chi connectivity index (χ3v) is 2.32. The highest BCUT2D eigenvalue weighted by atomic mass is 16.5. The molecule has 0 heterocycles. The molecule has 5 nitrogen and oxygen atoms in total. The third kappa shape index (κ3) is 2.37. The van der Waals surface area contributed by atoms with Crippen molar-refractivity contribution in [2.24, 2.45) is 5.73 Å². The molecule has 0 aliphatic rings. The number of benzene rings is 1. The molecule has 0 saturated carbocycles. The zero-order valence-electron chi connectivity index (χ0n) is 9.69. The van der Waals surface area contributed by atoms with E-state index in [0.29, 0.717) is 22.8 Å². The van der Waals surface area contributed by atoms with Gasteiger partial charge in [-0.25, -0.2) is 0 Å². The maximum absolute atomic E-state index is 9.09. The topological polar surface area (TPSA) is 73.9 Å². The lowest BCUT2D eigenvalue weighted by molar-refractivity contribution is 0.260. The van der Waals surface area contributed by atoms with Crippen molar-refractivity contribution in [1.29, 1.82) is 0 Å². The average molecular weight is 227 g/mol. The van der Waals surface area contributed by atoms with Crippen LogP contribution in [-0.2, 0) is 0 Å². The van der Waals surface area contributed by atoms with Crippen molar-refractivity contribution in [3.05, 3.63) is 17.7 Å². The molecular weight excluding hydrogens is 210 g/mol. The Morgan fingerprint density at radius 1 is 1.12 bits per heavy atom. The summed E-state index contributed by atoms with van der Waals surface area (Å²) in [5, 5.41) is 9.09. The van der Waals surface area contributed by atoms with Gasteiger partial charge in [0.25, 0.3) is 0 Å². The third-order valence-electron chi connectivity index (χ3n) is 2.32. The number of aliphatic hydroxyl groups excluding tert-OH is 1. The highest BCUT2D eigenvalue weighted by Crippen LogP contribution is 2.37. The first kappa shape index (κ1) is 12.6. The van der Waals surface area contributed by atoms with Crippen LogP contribution in [0.15, 0.2) is 12.1 Å². The molecule has 0 unspecified atom stereocenters. The second kappa shape index (κ2) is 5.58. The Morgan fingerprint density at radius 2 is 1.62 bits per heavy atom. The summed E-state index contributed by atoms with van der Waals surface area (Å²) < 4.78 is 15.5. The molecule has 0 fully saturated rings. The summed E-state index contributed by atoms with van der Waals surface area (Å²) in [6, 6.07) is 2.86. The quantitative estimate of drug-likeness (QED) is 0.774. The lowest BCUT2D eigenvalue weighted by Crippen LogP contribution is -2.16. The van der Waals surface area contributed by atoms with Gasteiger partial charge in [0.05, 0.1) is 39.5 Å². The van der Waals surface area contributed by atoms with Crippen LogP contribution in [0.1, 0.15) is 11.6 Å². The maximum atomic E-state index is 9.09. The largest absolute Gasteiger partial charge is 0.496 e. The van der Waals surface area contributed by atoms with Crippen LogP contribution in [0.4, 0.5) is 0 Å². The van der Waals surface area contributed by atoms with Crippen LogP contribution in [0.5, 0.6) is 17.2 Å². The molecule has 0 spiro atoms. The molecular formula is C11H17NO4. The van der Waals surface area contributed by atoms with Gasteiger partial charge in [-0.2, -0.15) is 0 Å². The van der Waals surface area contributed by atoms with Crippen LogP contribution in [0.25, 0.3) is 0 Å². The van der Waals surface area contributed by atoms with Gasteiger partial charge in [0.2, 0.25) is 0 Å². The molecule has 5 heteroatoms. The van der Waals surface area contributed by atoms with E-state index in [-0.39, 0.29) is 6.61 Å². The molecule has 1 atom stereocenters. The highest BCUT2D eigenvalue weighted by molar-refractivity contribution is 5.52. The SMILES string of the molecule is COc1cc(OC)c([C@H](N)CO)c(OC)c1. The van der Waals surface area contributed by atoms with Crippen LogP contribution in [-0.4, -0.2) is 33.0 Å². The molecule has 0 saturated heterocycles. The van der Waals surface area contributed by atoms with E-state index in [1.807, 2.05) is 0 Å². The fourth-order valence-corrected chi connectivity index (χ4v) is 1.49. The van der Waals surface area contributed by atoms with Gasteiger partial charge in [0.15, 0.2) is 0 Å². The lowest BCUT2D eigenvalue weighted by atomic mass is 10.1. The van der Waals surface area contributed by atoms with E-state index in [1.54, 1.807) is 19.2 Å². The van der Waals surface area contributed by atoms with Crippen LogP contribution < -0.4 is 19.9 Å².